The molecule has 0 radical (unpaired) electrons. The fraction of sp³-hybridized carbons (Fsp3) is 0.423. The van der Waals surface area contributed by atoms with Crippen molar-refractivity contribution in [3.63, 3.8) is 0 Å². The molecule has 2 N–H and O–H groups in total. The van der Waals surface area contributed by atoms with Gasteiger partial charge in [-0.25, -0.2) is 0 Å². The Labute approximate surface area is 203 Å². The molecule has 5 rings (SSSR count). The summed E-state index contributed by atoms with van der Waals surface area (Å²) < 4.78 is 6.36. The highest BCUT2D eigenvalue weighted by molar-refractivity contribution is 7.09. The number of carbonyl (C=O) groups excluding carboxylic acids is 3. The van der Waals surface area contributed by atoms with Gasteiger partial charge in [-0.1, -0.05) is 36.4 Å². The number of likely N-dealkylation sites (tertiary alicyclic amines) is 1. The number of hydrogen-bond acceptors (Lipinski definition) is 5. The Morgan fingerprint density at radius 2 is 1.91 bits per heavy atom. The molecule has 7 nitrogen and oxygen atoms in total. The lowest BCUT2D eigenvalue weighted by molar-refractivity contribution is -0.142. The molecule has 2 aromatic rings. The van der Waals surface area contributed by atoms with Gasteiger partial charge in [0.1, 0.15) is 11.6 Å². The molecule has 1 aromatic carbocycles. The summed E-state index contributed by atoms with van der Waals surface area (Å²) in [6, 6.07) is 10.5. The van der Waals surface area contributed by atoms with Crippen LogP contribution in [0.15, 0.2) is 53.9 Å². The van der Waals surface area contributed by atoms with Gasteiger partial charge in [0.25, 0.3) is 0 Å². The van der Waals surface area contributed by atoms with Gasteiger partial charge in [-0.2, -0.15) is 0 Å². The third-order valence-electron chi connectivity index (χ3n) is 6.73. The number of rotatable bonds is 5. The zero-order valence-corrected chi connectivity index (χ0v) is 20.5. The maximum absolute atomic E-state index is 13.9. The largest absolute Gasteiger partial charge is 0.359 e. The lowest BCUT2D eigenvalue weighted by Gasteiger charge is -2.34. The summed E-state index contributed by atoms with van der Waals surface area (Å²) in [5.74, 6) is -2.24. The minimum Gasteiger partial charge on any atom is -0.359 e. The van der Waals surface area contributed by atoms with Crippen molar-refractivity contribution in [3.8, 4) is 0 Å². The van der Waals surface area contributed by atoms with E-state index in [1.165, 1.54) is 11.3 Å². The van der Waals surface area contributed by atoms with Gasteiger partial charge >= 0.3 is 0 Å². The van der Waals surface area contributed by atoms with Crippen LogP contribution in [0.4, 0.5) is 5.69 Å². The molecular weight excluding hydrogens is 450 g/mol. The van der Waals surface area contributed by atoms with E-state index >= 15 is 0 Å². The number of nitrogens with one attached hydrogen (secondary N) is 2. The van der Waals surface area contributed by atoms with Gasteiger partial charge in [0.2, 0.25) is 17.7 Å². The SMILES string of the molecule is Cc1ccccc1NC(=O)[C@H]1[C@H]2C(=O)N(Cc3cccs3)[C@H](C(=O)NC(C)(C)C)[C@@]23C=C[C@H]1O3. The van der Waals surface area contributed by atoms with Crippen molar-refractivity contribution in [1.82, 2.24) is 10.2 Å². The van der Waals surface area contributed by atoms with E-state index in [0.717, 1.165) is 10.4 Å². The van der Waals surface area contributed by atoms with E-state index in [-0.39, 0.29) is 17.7 Å². The van der Waals surface area contributed by atoms with Crippen LogP contribution in [-0.2, 0) is 25.7 Å². The summed E-state index contributed by atoms with van der Waals surface area (Å²) in [6.07, 6.45) is 3.11. The van der Waals surface area contributed by atoms with Crippen molar-refractivity contribution >= 4 is 34.7 Å². The molecule has 1 aromatic heterocycles. The second kappa shape index (κ2) is 8.06. The fourth-order valence-electron chi connectivity index (χ4n) is 5.38. The Kier molecular flexibility index (Phi) is 5.41. The standard InChI is InChI=1S/C26H29N3O4S/c1-15-8-5-6-10-17(15)27-22(30)19-18-11-12-26(33-18)20(19)24(32)29(14-16-9-7-13-34-16)21(26)23(31)28-25(2,3)4/h5-13,18-21H,14H2,1-4H3,(H,27,30)(H,28,31)/t18-,19-,20+,21-,26-/m1/s1. The number of carbonyl (C=O) groups is 3. The molecule has 3 aliphatic rings. The predicted octanol–water partition coefficient (Wildman–Crippen LogP) is 3.26. The van der Waals surface area contributed by atoms with Crippen LogP contribution >= 0.6 is 11.3 Å². The second-order valence-corrected chi connectivity index (χ2v) is 11.3. The minimum absolute atomic E-state index is 0.223. The van der Waals surface area contributed by atoms with E-state index in [2.05, 4.69) is 10.6 Å². The normalized spacial score (nSPS) is 29.4. The zero-order valence-electron chi connectivity index (χ0n) is 19.7. The van der Waals surface area contributed by atoms with Crippen molar-refractivity contribution in [2.24, 2.45) is 11.8 Å². The molecule has 8 heteroatoms. The highest BCUT2D eigenvalue weighted by atomic mass is 32.1. The minimum atomic E-state index is -1.16. The van der Waals surface area contributed by atoms with Crippen LogP contribution in [0.3, 0.4) is 0 Å². The molecule has 0 unspecified atom stereocenters. The van der Waals surface area contributed by atoms with Gasteiger partial charge in [-0.3, -0.25) is 14.4 Å². The Hall–Kier alpha value is -2.97. The van der Waals surface area contributed by atoms with Crippen LogP contribution in [0.25, 0.3) is 0 Å². The number of para-hydroxylation sites is 1. The van der Waals surface area contributed by atoms with Gasteiger partial charge in [0.05, 0.1) is 24.5 Å². The molecule has 178 valence electrons. The molecule has 5 atom stereocenters. The van der Waals surface area contributed by atoms with Crippen molar-refractivity contribution in [2.75, 3.05) is 5.32 Å². The summed E-state index contributed by atoms with van der Waals surface area (Å²) in [5, 5.41) is 7.96. The Bertz CT molecular complexity index is 1170. The Balaban J connectivity index is 1.51. The van der Waals surface area contributed by atoms with E-state index < -0.39 is 35.1 Å². The molecule has 2 saturated heterocycles. The average molecular weight is 480 g/mol. The lowest BCUT2D eigenvalue weighted by Crippen LogP contribution is -2.57. The van der Waals surface area contributed by atoms with Gasteiger partial charge in [-0.15, -0.1) is 11.3 Å². The molecule has 2 fully saturated rings. The van der Waals surface area contributed by atoms with Crippen LogP contribution in [0.1, 0.15) is 31.2 Å². The van der Waals surface area contributed by atoms with Crippen LogP contribution < -0.4 is 10.6 Å². The molecule has 3 amide bonds. The van der Waals surface area contributed by atoms with E-state index in [1.807, 2.05) is 81.6 Å². The van der Waals surface area contributed by atoms with Crippen LogP contribution in [0.2, 0.25) is 0 Å². The Morgan fingerprint density at radius 1 is 1.15 bits per heavy atom. The molecule has 3 aliphatic heterocycles. The van der Waals surface area contributed by atoms with Gasteiger partial charge in [0.15, 0.2) is 0 Å². The first-order chi connectivity index (χ1) is 16.1. The van der Waals surface area contributed by atoms with Crippen molar-refractivity contribution in [2.45, 2.75) is 57.5 Å². The Morgan fingerprint density at radius 3 is 2.59 bits per heavy atom. The summed E-state index contributed by atoms with van der Waals surface area (Å²) in [4.78, 5) is 43.5. The number of hydrogen-bond donors (Lipinski definition) is 2. The van der Waals surface area contributed by atoms with Crippen molar-refractivity contribution < 1.29 is 19.1 Å². The highest BCUT2D eigenvalue weighted by Gasteiger charge is 2.72. The first kappa shape index (κ1) is 22.8. The van der Waals surface area contributed by atoms with Crippen LogP contribution in [0.5, 0.6) is 0 Å². The fourth-order valence-corrected chi connectivity index (χ4v) is 6.08. The first-order valence-electron chi connectivity index (χ1n) is 11.5. The number of amides is 3. The molecular formula is C26H29N3O4S. The monoisotopic (exact) mass is 479 g/mol. The van der Waals surface area contributed by atoms with Crippen molar-refractivity contribution in [3.05, 3.63) is 64.4 Å². The van der Waals surface area contributed by atoms with Gasteiger partial charge in [-0.05, 0) is 50.8 Å². The quantitative estimate of drug-likeness (QED) is 0.645. The van der Waals surface area contributed by atoms with Gasteiger partial charge < -0.3 is 20.3 Å². The highest BCUT2D eigenvalue weighted by Crippen LogP contribution is 2.55. The maximum atomic E-state index is 13.9. The zero-order chi connectivity index (χ0) is 24.3. The summed E-state index contributed by atoms with van der Waals surface area (Å²) in [7, 11) is 0. The topological polar surface area (TPSA) is 87.7 Å². The maximum Gasteiger partial charge on any atom is 0.246 e. The smallest absolute Gasteiger partial charge is 0.246 e. The summed E-state index contributed by atoms with van der Waals surface area (Å²) in [6.45, 7) is 7.93. The first-order valence-corrected chi connectivity index (χ1v) is 12.4. The average Bonchev–Trinajstić information content (AvgIpc) is 3.51. The predicted molar refractivity (Wildman–Crippen MR) is 130 cm³/mol. The molecule has 0 saturated carbocycles. The number of ether oxygens (including phenoxy) is 1. The molecule has 2 bridgehead atoms. The van der Waals surface area contributed by atoms with Crippen LogP contribution in [-0.4, -0.2) is 45.9 Å². The lowest BCUT2D eigenvalue weighted by atomic mass is 9.74. The third-order valence-corrected chi connectivity index (χ3v) is 7.59. The molecule has 1 spiro atoms. The third kappa shape index (κ3) is 3.65. The summed E-state index contributed by atoms with van der Waals surface area (Å²) >= 11 is 1.53. The number of fused-ring (bicyclic) bond motifs is 1. The number of benzene rings is 1. The number of aryl methyl sites for hydroxylation is 1. The number of thiophene rings is 1. The van der Waals surface area contributed by atoms with Crippen molar-refractivity contribution in [1.29, 1.82) is 0 Å². The van der Waals surface area contributed by atoms with E-state index in [0.29, 0.717) is 12.2 Å². The molecule has 34 heavy (non-hydrogen) atoms. The molecule has 0 aliphatic carbocycles. The molecule has 4 heterocycles. The van der Waals surface area contributed by atoms with Gasteiger partial charge in [0, 0.05) is 16.1 Å². The van der Waals surface area contributed by atoms with E-state index in [4.69, 9.17) is 4.74 Å². The number of nitrogens with zero attached hydrogens (tertiary/aromatic N) is 1. The second-order valence-electron chi connectivity index (χ2n) is 10.3. The number of anilines is 1. The van der Waals surface area contributed by atoms with E-state index in [9.17, 15) is 14.4 Å². The van der Waals surface area contributed by atoms with Crippen LogP contribution in [0, 0.1) is 18.8 Å². The van der Waals surface area contributed by atoms with E-state index in [1.54, 1.807) is 4.90 Å². The summed E-state index contributed by atoms with van der Waals surface area (Å²) in [5.41, 5.74) is -0.00564.